The van der Waals surface area contributed by atoms with Crippen LogP contribution >= 0.6 is 0 Å². The number of nitro benzene ring substituents is 1. The first kappa shape index (κ1) is 13.4. The second-order valence-electron chi connectivity index (χ2n) is 3.78. The number of nitro groups is 1. The maximum atomic E-state index is 12.6. The first-order valence-electron chi connectivity index (χ1n) is 5.37. The van der Waals surface area contributed by atoms with Crippen LogP contribution in [0.15, 0.2) is 36.5 Å². The highest BCUT2D eigenvalue weighted by Crippen LogP contribution is 2.28. The van der Waals surface area contributed by atoms with Crippen LogP contribution in [0.3, 0.4) is 0 Å². The van der Waals surface area contributed by atoms with Crippen LogP contribution in [0.25, 0.3) is 0 Å². The molecule has 0 radical (unpaired) electrons. The number of nitrogens with one attached hydrogen (secondary N) is 1. The van der Waals surface area contributed by atoms with Crippen LogP contribution in [-0.4, -0.2) is 20.9 Å². The molecule has 1 aromatic carbocycles. The topological polar surface area (TPSA) is 105 Å². The van der Waals surface area contributed by atoms with E-state index in [4.69, 9.17) is 0 Å². The third-order valence-electron chi connectivity index (χ3n) is 2.42. The number of aromatic hydroxyl groups is 1. The number of halogens is 1. The number of hydrogen-bond donors (Lipinski definition) is 2. The summed E-state index contributed by atoms with van der Waals surface area (Å²) in [5, 5.41) is 22.3. The Kier molecular flexibility index (Phi) is 3.56. The number of carbonyl (C=O) groups is 1. The van der Waals surface area contributed by atoms with E-state index < -0.39 is 22.5 Å². The summed E-state index contributed by atoms with van der Waals surface area (Å²) in [5.74, 6) is -1.71. The number of anilines is 1. The van der Waals surface area contributed by atoms with E-state index in [9.17, 15) is 24.4 Å². The molecule has 0 atom stereocenters. The fourth-order valence-electron chi connectivity index (χ4n) is 1.48. The van der Waals surface area contributed by atoms with Crippen LogP contribution in [0.2, 0.25) is 0 Å². The lowest BCUT2D eigenvalue weighted by molar-refractivity contribution is -0.384. The normalized spacial score (nSPS) is 10.1. The predicted molar refractivity (Wildman–Crippen MR) is 66.9 cm³/mol. The third kappa shape index (κ3) is 2.86. The zero-order chi connectivity index (χ0) is 14.7. The van der Waals surface area contributed by atoms with Gasteiger partial charge in [0.15, 0.2) is 0 Å². The minimum atomic E-state index is -0.739. The molecule has 1 heterocycles. The van der Waals surface area contributed by atoms with Crippen LogP contribution in [0.4, 0.5) is 15.8 Å². The molecule has 0 aliphatic heterocycles. The molecule has 0 aliphatic carbocycles. The Morgan fingerprint density at radius 1 is 1.35 bits per heavy atom. The van der Waals surface area contributed by atoms with Gasteiger partial charge in [0.1, 0.15) is 11.4 Å². The molecule has 7 nitrogen and oxygen atoms in total. The number of rotatable bonds is 3. The van der Waals surface area contributed by atoms with Gasteiger partial charge < -0.3 is 10.4 Å². The van der Waals surface area contributed by atoms with Gasteiger partial charge in [-0.2, -0.15) is 4.39 Å². The summed E-state index contributed by atoms with van der Waals surface area (Å²) >= 11 is 0. The number of benzene rings is 1. The monoisotopic (exact) mass is 277 g/mol. The van der Waals surface area contributed by atoms with Crippen LogP contribution in [0, 0.1) is 16.1 Å². The molecule has 0 bridgehead atoms. The van der Waals surface area contributed by atoms with E-state index >= 15 is 0 Å². The number of phenolic OH excluding ortho intramolecular Hbond substituents is 1. The van der Waals surface area contributed by atoms with Crippen molar-refractivity contribution in [3.05, 3.63) is 58.2 Å². The van der Waals surface area contributed by atoms with Gasteiger partial charge in [-0.15, -0.1) is 0 Å². The van der Waals surface area contributed by atoms with E-state index in [0.29, 0.717) is 0 Å². The smallest absolute Gasteiger partial charge is 0.296 e. The van der Waals surface area contributed by atoms with Gasteiger partial charge in [-0.05, 0) is 24.3 Å². The van der Waals surface area contributed by atoms with Crippen LogP contribution in [0.5, 0.6) is 5.75 Å². The van der Waals surface area contributed by atoms with E-state index in [1.807, 2.05) is 0 Å². The Morgan fingerprint density at radius 2 is 2.10 bits per heavy atom. The highest BCUT2D eigenvalue weighted by molar-refractivity contribution is 6.05. The highest BCUT2D eigenvalue weighted by atomic mass is 19.1. The van der Waals surface area contributed by atoms with Gasteiger partial charge in [0.2, 0.25) is 5.95 Å². The molecule has 0 saturated heterocycles. The van der Waals surface area contributed by atoms with E-state index in [2.05, 4.69) is 10.3 Å². The summed E-state index contributed by atoms with van der Waals surface area (Å²) < 4.78 is 12.6. The fraction of sp³-hybridized carbons (Fsp3) is 0. The SMILES string of the molecule is O=C(Nc1ccc(O)cc1[N+](=O)[O-])c1ccc(F)nc1. The summed E-state index contributed by atoms with van der Waals surface area (Å²) in [5.41, 5.74) is -0.482. The van der Waals surface area contributed by atoms with E-state index in [0.717, 1.165) is 18.3 Å². The zero-order valence-corrected chi connectivity index (χ0v) is 9.91. The number of amides is 1. The first-order chi connectivity index (χ1) is 9.47. The molecule has 0 spiro atoms. The lowest BCUT2D eigenvalue weighted by Gasteiger charge is -2.06. The Morgan fingerprint density at radius 3 is 2.70 bits per heavy atom. The van der Waals surface area contributed by atoms with Crippen molar-refractivity contribution < 1.29 is 19.2 Å². The molecule has 1 aromatic heterocycles. The molecule has 0 fully saturated rings. The number of carbonyl (C=O) groups excluding carboxylic acids is 1. The van der Waals surface area contributed by atoms with Crippen molar-refractivity contribution in [2.45, 2.75) is 0 Å². The van der Waals surface area contributed by atoms with Crippen molar-refractivity contribution in [3.63, 3.8) is 0 Å². The van der Waals surface area contributed by atoms with E-state index in [-0.39, 0.29) is 17.0 Å². The summed E-state index contributed by atoms with van der Waals surface area (Å²) in [7, 11) is 0. The maximum absolute atomic E-state index is 12.6. The Hall–Kier alpha value is -3.03. The molecular weight excluding hydrogens is 269 g/mol. The molecule has 2 N–H and O–H groups in total. The summed E-state index contributed by atoms with van der Waals surface area (Å²) in [4.78, 5) is 25.2. The van der Waals surface area contributed by atoms with Gasteiger partial charge in [-0.25, -0.2) is 4.98 Å². The minimum absolute atomic E-state index is 0.0498. The summed E-state index contributed by atoms with van der Waals surface area (Å²) in [6.45, 7) is 0. The minimum Gasteiger partial charge on any atom is -0.508 e. The van der Waals surface area contributed by atoms with Crippen molar-refractivity contribution in [2.75, 3.05) is 5.32 Å². The Balaban J connectivity index is 2.28. The predicted octanol–water partition coefficient (Wildman–Crippen LogP) is 2.09. The van der Waals surface area contributed by atoms with E-state index in [1.54, 1.807) is 0 Å². The average Bonchev–Trinajstić information content (AvgIpc) is 2.41. The average molecular weight is 277 g/mol. The van der Waals surface area contributed by atoms with Gasteiger partial charge >= 0.3 is 0 Å². The van der Waals surface area contributed by atoms with Crippen molar-refractivity contribution in [1.82, 2.24) is 4.98 Å². The quantitative estimate of drug-likeness (QED) is 0.387. The molecule has 2 rings (SSSR count). The highest BCUT2D eigenvalue weighted by Gasteiger charge is 2.17. The molecule has 0 aliphatic rings. The lowest BCUT2D eigenvalue weighted by atomic mass is 10.2. The Labute approximate surface area is 111 Å². The molecule has 102 valence electrons. The van der Waals surface area contributed by atoms with Gasteiger partial charge in [0, 0.05) is 6.20 Å². The zero-order valence-electron chi connectivity index (χ0n) is 9.91. The first-order valence-corrected chi connectivity index (χ1v) is 5.37. The molecule has 0 saturated carbocycles. The number of pyridine rings is 1. The molecule has 8 heteroatoms. The standard InChI is InChI=1S/C12H8FN3O4/c13-11-4-1-7(6-14-11)12(18)15-9-3-2-8(17)5-10(9)16(19)20/h1-6,17H,(H,15,18). The van der Waals surface area contributed by atoms with Crippen LogP contribution in [0.1, 0.15) is 10.4 Å². The van der Waals surface area contributed by atoms with Crippen molar-refractivity contribution in [2.24, 2.45) is 0 Å². The largest absolute Gasteiger partial charge is 0.508 e. The van der Waals surface area contributed by atoms with Gasteiger partial charge in [-0.3, -0.25) is 14.9 Å². The second-order valence-corrected chi connectivity index (χ2v) is 3.78. The fourth-order valence-corrected chi connectivity index (χ4v) is 1.48. The molecule has 20 heavy (non-hydrogen) atoms. The maximum Gasteiger partial charge on any atom is 0.296 e. The number of aromatic nitrogens is 1. The molecule has 2 aromatic rings. The lowest BCUT2D eigenvalue weighted by Crippen LogP contribution is -2.13. The van der Waals surface area contributed by atoms with Gasteiger partial charge in [0.05, 0.1) is 16.6 Å². The van der Waals surface area contributed by atoms with E-state index in [1.165, 1.54) is 18.2 Å². The number of hydrogen-bond acceptors (Lipinski definition) is 5. The van der Waals surface area contributed by atoms with Crippen molar-refractivity contribution >= 4 is 17.3 Å². The molecule has 1 amide bonds. The van der Waals surface area contributed by atoms with Crippen LogP contribution < -0.4 is 5.32 Å². The van der Waals surface area contributed by atoms with Crippen molar-refractivity contribution in [3.8, 4) is 5.75 Å². The summed E-state index contributed by atoms with van der Waals surface area (Å²) in [6, 6.07) is 5.51. The molecule has 0 unspecified atom stereocenters. The number of phenols is 1. The van der Waals surface area contributed by atoms with Crippen molar-refractivity contribution in [1.29, 1.82) is 0 Å². The third-order valence-corrected chi connectivity index (χ3v) is 2.42. The number of nitrogens with zero attached hydrogens (tertiary/aromatic N) is 2. The van der Waals surface area contributed by atoms with Gasteiger partial charge in [-0.1, -0.05) is 0 Å². The Bertz CT molecular complexity index is 673. The van der Waals surface area contributed by atoms with Crippen LogP contribution in [-0.2, 0) is 0 Å². The molecular formula is C12H8FN3O4. The summed E-state index contributed by atoms with van der Waals surface area (Å²) in [6.07, 6.45) is 1.01. The second kappa shape index (κ2) is 5.31. The van der Waals surface area contributed by atoms with Gasteiger partial charge in [0.25, 0.3) is 11.6 Å².